The first-order chi connectivity index (χ1) is 5.91. The van der Waals surface area contributed by atoms with Crippen molar-refractivity contribution in [1.82, 2.24) is 5.06 Å². The highest BCUT2D eigenvalue weighted by Gasteiger charge is 2.12. The van der Waals surface area contributed by atoms with Gasteiger partial charge in [0.1, 0.15) is 0 Å². The Labute approximate surface area is 82.7 Å². The van der Waals surface area contributed by atoms with Crippen LogP contribution in [0.25, 0.3) is 0 Å². The average Bonchev–Trinajstić information content (AvgIpc) is 1.80. The molecule has 1 unspecified atom stereocenters. The Kier molecular flexibility index (Phi) is 6.49. The van der Waals surface area contributed by atoms with Crippen molar-refractivity contribution in [2.24, 2.45) is 11.8 Å². The maximum Gasteiger partial charge on any atom is 0.319 e. The molecular weight excluding hydrogens is 190 g/mol. The van der Waals surface area contributed by atoms with E-state index in [1.807, 2.05) is 27.7 Å². The fraction of sp³-hybridized carbons (Fsp3) is 1.00. The molecule has 0 fully saturated rings. The van der Waals surface area contributed by atoms with Crippen LogP contribution in [-0.2, 0) is 15.6 Å². The van der Waals surface area contributed by atoms with Crippen molar-refractivity contribution < 1.29 is 13.0 Å². The smallest absolute Gasteiger partial charge is 0.283 e. The van der Waals surface area contributed by atoms with E-state index < -0.39 is 11.4 Å². The van der Waals surface area contributed by atoms with Gasteiger partial charge in [0.25, 0.3) is 0 Å². The summed E-state index contributed by atoms with van der Waals surface area (Å²) in [7, 11) is 0. The summed E-state index contributed by atoms with van der Waals surface area (Å²) in [4.78, 5) is 0. The molecule has 0 aromatic carbocycles. The van der Waals surface area contributed by atoms with Crippen LogP contribution < -0.4 is 0 Å². The lowest BCUT2D eigenvalue weighted by Gasteiger charge is -2.22. The van der Waals surface area contributed by atoms with Crippen LogP contribution in [0.4, 0.5) is 0 Å². The van der Waals surface area contributed by atoms with Gasteiger partial charge in [-0.1, -0.05) is 27.7 Å². The molecule has 0 saturated carbocycles. The summed E-state index contributed by atoms with van der Waals surface area (Å²) in [6.07, 6.45) is 0. The van der Waals surface area contributed by atoms with Crippen LogP contribution in [0, 0.1) is 11.8 Å². The highest BCUT2D eigenvalue weighted by atomic mass is 32.2. The van der Waals surface area contributed by atoms with Gasteiger partial charge < -0.3 is 0 Å². The lowest BCUT2D eigenvalue weighted by molar-refractivity contribution is -0.0697. The Morgan fingerprint density at radius 3 is 1.85 bits per heavy atom. The van der Waals surface area contributed by atoms with Crippen LogP contribution in [0.5, 0.6) is 0 Å². The number of nitrogens with zero attached hydrogens (tertiary/aromatic N) is 1. The Morgan fingerprint density at radius 2 is 1.62 bits per heavy atom. The van der Waals surface area contributed by atoms with E-state index in [0.29, 0.717) is 24.9 Å². The maximum absolute atomic E-state index is 10.4. The van der Waals surface area contributed by atoms with Crippen molar-refractivity contribution >= 4 is 11.4 Å². The van der Waals surface area contributed by atoms with Crippen molar-refractivity contribution in [3.05, 3.63) is 0 Å². The normalized spacial score (nSPS) is 14.5. The lowest BCUT2D eigenvalue weighted by atomic mass is 10.2. The monoisotopic (exact) mass is 209 g/mol. The second-order valence-corrected chi connectivity index (χ2v) is 4.51. The van der Waals surface area contributed by atoms with Crippen LogP contribution in [0.15, 0.2) is 0 Å². The molecule has 0 rings (SSSR count). The van der Waals surface area contributed by atoms with Gasteiger partial charge in [0.2, 0.25) is 0 Å². The second kappa shape index (κ2) is 6.48. The fourth-order valence-corrected chi connectivity index (χ4v) is 1.34. The van der Waals surface area contributed by atoms with E-state index in [4.69, 9.17) is 8.84 Å². The van der Waals surface area contributed by atoms with Gasteiger partial charge in [-0.05, 0) is 11.8 Å². The molecule has 13 heavy (non-hydrogen) atoms. The van der Waals surface area contributed by atoms with Crippen LogP contribution in [0.1, 0.15) is 27.7 Å². The third kappa shape index (κ3) is 8.36. The molecule has 0 radical (unpaired) electrons. The first-order valence-electron chi connectivity index (χ1n) is 4.46. The molecule has 0 aromatic heterocycles. The zero-order valence-electron chi connectivity index (χ0n) is 8.69. The minimum atomic E-state index is -2.20. The van der Waals surface area contributed by atoms with Gasteiger partial charge in [0.15, 0.2) is 0 Å². The van der Waals surface area contributed by atoms with Crippen molar-refractivity contribution in [2.75, 3.05) is 13.1 Å². The molecule has 0 spiro atoms. The summed E-state index contributed by atoms with van der Waals surface area (Å²) in [6, 6.07) is 0. The van der Waals surface area contributed by atoms with E-state index >= 15 is 0 Å². The minimum Gasteiger partial charge on any atom is -0.283 e. The molecular formula is C8H19NO3S. The number of rotatable bonds is 6. The summed E-state index contributed by atoms with van der Waals surface area (Å²) in [5, 5.41) is 1.55. The summed E-state index contributed by atoms with van der Waals surface area (Å²) in [5.74, 6) is 0.838. The number of hydrogen-bond acceptors (Lipinski definition) is 3. The molecule has 0 bridgehead atoms. The minimum absolute atomic E-state index is 0.419. The van der Waals surface area contributed by atoms with Gasteiger partial charge in [0.05, 0.1) is 0 Å². The molecule has 5 heteroatoms. The summed E-state index contributed by atoms with van der Waals surface area (Å²) in [5.41, 5.74) is 0. The quantitative estimate of drug-likeness (QED) is 0.534. The largest absolute Gasteiger partial charge is 0.319 e. The van der Waals surface area contributed by atoms with E-state index in [2.05, 4.69) is 0 Å². The summed E-state index contributed by atoms with van der Waals surface area (Å²) >= 11 is -2.20. The third-order valence-corrected chi connectivity index (χ3v) is 1.65. The highest BCUT2D eigenvalue weighted by Crippen LogP contribution is 2.05. The molecule has 1 atom stereocenters. The van der Waals surface area contributed by atoms with Crippen molar-refractivity contribution in [1.29, 1.82) is 0 Å². The molecule has 80 valence electrons. The maximum atomic E-state index is 10.4. The summed E-state index contributed by atoms with van der Waals surface area (Å²) in [6.45, 7) is 9.50. The molecule has 0 aliphatic heterocycles. The average molecular weight is 209 g/mol. The van der Waals surface area contributed by atoms with Crippen molar-refractivity contribution in [3.63, 3.8) is 0 Å². The van der Waals surface area contributed by atoms with Crippen LogP contribution in [-0.4, -0.2) is 26.9 Å². The Morgan fingerprint density at radius 1 is 1.23 bits per heavy atom. The topological polar surface area (TPSA) is 49.8 Å². The molecule has 0 aliphatic rings. The van der Waals surface area contributed by atoms with E-state index in [1.54, 1.807) is 5.06 Å². The Balaban J connectivity index is 3.95. The molecule has 0 aromatic rings. The zero-order chi connectivity index (χ0) is 10.4. The molecule has 0 aliphatic carbocycles. The van der Waals surface area contributed by atoms with Gasteiger partial charge in [-0.25, -0.2) is 0 Å². The SMILES string of the molecule is CC(C)CN(CC(C)C)OS(=O)O. The molecule has 4 nitrogen and oxygen atoms in total. The predicted octanol–water partition coefficient (Wildman–Crippen LogP) is 1.67. The Hall–Kier alpha value is 0.0300. The Bertz CT molecular complexity index is 151. The fourth-order valence-electron chi connectivity index (χ4n) is 1.04. The van der Waals surface area contributed by atoms with Crippen molar-refractivity contribution in [3.8, 4) is 0 Å². The second-order valence-electron chi connectivity index (χ2n) is 3.93. The standard InChI is InChI=1S/C8H19NO3S/c1-7(2)5-9(6-8(3)4)12-13(10)11/h7-8H,5-6H2,1-4H3,(H,10,11). The molecule has 1 N–H and O–H groups in total. The zero-order valence-corrected chi connectivity index (χ0v) is 9.50. The molecule has 0 amide bonds. The van der Waals surface area contributed by atoms with Crippen LogP contribution in [0.2, 0.25) is 0 Å². The molecule has 0 saturated heterocycles. The first kappa shape index (κ1) is 13.0. The molecule has 0 heterocycles. The van der Waals surface area contributed by atoms with Crippen LogP contribution >= 0.6 is 0 Å². The van der Waals surface area contributed by atoms with Gasteiger partial charge in [-0.15, -0.1) is 0 Å². The first-order valence-corrected chi connectivity index (χ1v) is 5.49. The third-order valence-electron chi connectivity index (χ3n) is 1.31. The van der Waals surface area contributed by atoms with Gasteiger partial charge in [-0.2, -0.15) is 13.6 Å². The summed E-state index contributed by atoms with van der Waals surface area (Å²) < 4.78 is 23.7. The van der Waals surface area contributed by atoms with Crippen LogP contribution in [0.3, 0.4) is 0 Å². The van der Waals surface area contributed by atoms with Gasteiger partial charge >= 0.3 is 11.4 Å². The van der Waals surface area contributed by atoms with E-state index in [9.17, 15) is 4.21 Å². The van der Waals surface area contributed by atoms with Gasteiger partial charge in [0, 0.05) is 13.1 Å². The number of hydroxylamine groups is 2. The van der Waals surface area contributed by atoms with E-state index in [0.717, 1.165) is 0 Å². The number of hydrogen-bond donors (Lipinski definition) is 1. The lowest BCUT2D eigenvalue weighted by Crippen LogP contribution is -2.32. The van der Waals surface area contributed by atoms with E-state index in [-0.39, 0.29) is 0 Å². The van der Waals surface area contributed by atoms with Gasteiger partial charge in [-0.3, -0.25) is 4.55 Å². The van der Waals surface area contributed by atoms with E-state index in [1.165, 1.54) is 0 Å². The predicted molar refractivity (Wildman–Crippen MR) is 53.1 cm³/mol. The van der Waals surface area contributed by atoms with Crippen molar-refractivity contribution in [2.45, 2.75) is 27.7 Å². The highest BCUT2D eigenvalue weighted by molar-refractivity contribution is 7.74.